The molecule has 0 bridgehead atoms. The number of fused-ring (bicyclic) bond motifs is 1. The van der Waals surface area contributed by atoms with Gasteiger partial charge in [0.2, 0.25) is 0 Å². The van der Waals surface area contributed by atoms with Crippen molar-refractivity contribution in [1.82, 2.24) is 9.38 Å². The van der Waals surface area contributed by atoms with E-state index in [1.807, 2.05) is 59.3 Å². The number of nitrogens with zero attached hydrogens (tertiary/aromatic N) is 2. The third kappa shape index (κ3) is 2.51. The van der Waals surface area contributed by atoms with Crippen LogP contribution in [0.3, 0.4) is 0 Å². The van der Waals surface area contributed by atoms with Gasteiger partial charge in [-0.25, -0.2) is 4.98 Å². The number of aromatic nitrogens is 2. The van der Waals surface area contributed by atoms with E-state index in [0.29, 0.717) is 12.1 Å². The molecule has 0 aliphatic carbocycles. The maximum absolute atomic E-state index is 10.3. The van der Waals surface area contributed by atoms with Crippen molar-refractivity contribution >= 4 is 5.65 Å². The Morgan fingerprint density at radius 3 is 2.95 bits per heavy atom. The number of benzene rings is 1. The van der Waals surface area contributed by atoms with Crippen molar-refractivity contribution < 1.29 is 9.84 Å². The lowest BCUT2D eigenvalue weighted by atomic mass is 10.1. The van der Waals surface area contributed by atoms with E-state index >= 15 is 0 Å². The second kappa shape index (κ2) is 5.35. The van der Waals surface area contributed by atoms with E-state index in [4.69, 9.17) is 4.74 Å². The van der Waals surface area contributed by atoms with E-state index in [1.54, 1.807) is 7.11 Å². The van der Waals surface area contributed by atoms with Gasteiger partial charge in [0.25, 0.3) is 0 Å². The zero-order chi connectivity index (χ0) is 13.9. The normalized spacial score (nSPS) is 12.5. The average Bonchev–Trinajstić information content (AvgIpc) is 2.91. The highest BCUT2D eigenvalue weighted by Crippen LogP contribution is 2.21. The third-order valence-electron chi connectivity index (χ3n) is 3.29. The van der Waals surface area contributed by atoms with Gasteiger partial charge in [-0.3, -0.25) is 0 Å². The molecule has 1 N–H and O–H groups in total. The van der Waals surface area contributed by atoms with E-state index < -0.39 is 6.10 Å². The van der Waals surface area contributed by atoms with Gasteiger partial charge in [-0.1, -0.05) is 18.2 Å². The summed E-state index contributed by atoms with van der Waals surface area (Å²) in [6.45, 7) is 0. The number of ether oxygens (including phenoxy) is 1. The van der Waals surface area contributed by atoms with E-state index in [-0.39, 0.29) is 0 Å². The summed E-state index contributed by atoms with van der Waals surface area (Å²) in [6.07, 6.45) is 3.67. The second-order valence-electron chi connectivity index (χ2n) is 4.70. The zero-order valence-corrected chi connectivity index (χ0v) is 11.2. The van der Waals surface area contributed by atoms with Crippen LogP contribution in [0, 0.1) is 0 Å². The molecule has 0 amide bonds. The van der Waals surface area contributed by atoms with Gasteiger partial charge in [0.15, 0.2) is 0 Å². The van der Waals surface area contributed by atoms with Gasteiger partial charge < -0.3 is 14.2 Å². The average molecular weight is 268 g/mol. The fourth-order valence-corrected chi connectivity index (χ4v) is 2.24. The van der Waals surface area contributed by atoms with Crippen LogP contribution in [0.4, 0.5) is 0 Å². The van der Waals surface area contributed by atoms with Crippen LogP contribution < -0.4 is 4.74 Å². The molecule has 2 aromatic heterocycles. The van der Waals surface area contributed by atoms with Crippen LogP contribution in [-0.4, -0.2) is 21.6 Å². The first-order valence-corrected chi connectivity index (χ1v) is 6.51. The molecule has 0 aliphatic heterocycles. The van der Waals surface area contributed by atoms with E-state index in [0.717, 1.165) is 17.0 Å². The Hall–Kier alpha value is -2.33. The molecular weight excluding hydrogens is 252 g/mol. The maximum atomic E-state index is 10.3. The van der Waals surface area contributed by atoms with Crippen molar-refractivity contribution in [2.75, 3.05) is 7.11 Å². The van der Waals surface area contributed by atoms with Gasteiger partial charge >= 0.3 is 0 Å². The molecule has 20 heavy (non-hydrogen) atoms. The van der Waals surface area contributed by atoms with E-state index in [9.17, 15) is 5.11 Å². The number of hydrogen-bond donors (Lipinski definition) is 1. The minimum atomic E-state index is -0.623. The Balaban J connectivity index is 1.82. The molecule has 0 saturated carbocycles. The summed E-state index contributed by atoms with van der Waals surface area (Å²) in [5, 5.41) is 10.3. The molecule has 0 aliphatic rings. The van der Waals surface area contributed by atoms with Crippen LogP contribution in [0.15, 0.2) is 54.9 Å². The first-order chi connectivity index (χ1) is 9.76. The molecule has 3 rings (SSSR count). The molecule has 1 unspecified atom stereocenters. The van der Waals surface area contributed by atoms with Crippen molar-refractivity contribution in [2.45, 2.75) is 12.5 Å². The Kier molecular flexibility index (Phi) is 3.39. The van der Waals surface area contributed by atoms with Gasteiger partial charge in [0.1, 0.15) is 17.5 Å². The summed E-state index contributed by atoms with van der Waals surface area (Å²) in [6, 6.07) is 13.5. The topological polar surface area (TPSA) is 46.8 Å². The number of rotatable bonds is 4. The highest BCUT2D eigenvalue weighted by atomic mass is 16.5. The summed E-state index contributed by atoms with van der Waals surface area (Å²) in [5.74, 6) is 0.796. The second-order valence-corrected chi connectivity index (χ2v) is 4.70. The van der Waals surface area contributed by atoms with Crippen LogP contribution in [0.5, 0.6) is 5.75 Å². The summed E-state index contributed by atoms with van der Waals surface area (Å²) < 4.78 is 7.10. The molecular formula is C16H16N2O2. The van der Waals surface area contributed by atoms with Crippen LogP contribution in [0.1, 0.15) is 17.4 Å². The highest BCUT2D eigenvalue weighted by Gasteiger charge is 2.13. The summed E-state index contributed by atoms with van der Waals surface area (Å²) >= 11 is 0. The summed E-state index contributed by atoms with van der Waals surface area (Å²) in [4.78, 5) is 4.43. The van der Waals surface area contributed by atoms with E-state index in [2.05, 4.69) is 4.98 Å². The Morgan fingerprint density at radius 2 is 2.15 bits per heavy atom. The number of aliphatic hydroxyl groups is 1. The predicted molar refractivity (Wildman–Crippen MR) is 76.8 cm³/mol. The number of hydrogen-bond acceptors (Lipinski definition) is 3. The van der Waals surface area contributed by atoms with Crippen LogP contribution in [0.2, 0.25) is 0 Å². The van der Waals surface area contributed by atoms with Crippen molar-refractivity contribution in [1.29, 1.82) is 0 Å². The van der Waals surface area contributed by atoms with Gasteiger partial charge in [0, 0.05) is 18.8 Å². The highest BCUT2D eigenvalue weighted by molar-refractivity contribution is 5.40. The Morgan fingerprint density at radius 1 is 1.25 bits per heavy atom. The van der Waals surface area contributed by atoms with Gasteiger partial charge in [-0.05, 0) is 29.8 Å². The molecule has 102 valence electrons. The number of imidazole rings is 1. The third-order valence-corrected chi connectivity index (χ3v) is 3.29. The zero-order valence-electron chi connectivity index (χ0n) is 11.2. The quantitative estimate of drug-likeness (QED) is 0.791. The Bertz CT molecular complexity index is 688. The van der Waals surface area contributed by atoms with E-state index in [1.165, 1.54) is 0 Å². The molecule has 0 fully saturated rings. The van der Waals surface area contributed by atoms with Crippen LogP contribution in [-0.2, 0) is 6.42 Å². The minimum absolute atomic E-state index is 0.515. The fraction of sp³-hybridized carbons (Fsp3) is 0.188. The number of aliphatic hydroxyl groups excluding tert-OH is 1. The van der Waals surface area contributed by atoms with Crippen molar-refractivity contribution in [3.63, 3.8) is 0 Å². The number of methoxy groups -OCH3 is 1. The van der Waals surface area contributed by atoms with Crippen LogP contribution in [0.25, 0.3) is 5.65 Å². The molecule has 2 heterocycles. The molecule has 0 saturated heterocycles. The Labute approximate surface area is 117 Å². The monoisotopic (exact) mass is 268 g/mol. The smallest absolute Gasteiger partial charge is 0.137 e. The summed E-state index contributed by atoms with van der Waals surface area (Å²) in [7, 11) is 1.64. The minimum Gasteiger partial charge on any atom is -0.497 e. The molecule has 4 nitrogen and oxygen atoms in total. The maximum Gasteiger partial charge on any atom is 0.137 e. The molecule has 1 aromatic carbocycles. The molecule has 0 radical (unpaired) electrons. The van der Waals surface area contributed by atoms with Crippen molar-refractivity contribution in [3.05, 3.63) is 66.1 Å². The summed E-state index contributed by atoms with van der Waals surface area (Å²) in [5.41, 5.74) is 2.54. The molecule has 0 spiro atoms. The standard InChI is InChI=1S/C16H16N2O2/c1-20-13-6-4-5-12(9-13)10-15(19)14-11-18-8-3-2-7-16(18)17-14/h2-9,11,15,19H,10H2,1H3. The van der Waals surface area contributed by atoms with Crippen molar-refractivity contribution in [3.8, 4) is 5.75 Å². The van der Waals surface area contributed by atoms with Gasteiger partial charge in [0.05, 0.1) is 12.8 Å². The first kappa shape index (κ1) is 12.7. The first-order valence-electron chi connectivity index (χ1n) is 6.51. The van der Waals surface area contributed by atoms with Crippen molar-refractivity contribution in [2.24, 2.45) is 0 Å². The fourth-order valence-electron chi connectivity index (χ4n) is 2.24. The van der Waals surface area contributed by atoms with Gasteiger partial charge in [-0.2, -0.15) is 0 Å². The predicted octanol–water partition coefficient (Wildman–Crippen LogP) is 2.62. The molecule has 3 aromatic rings. The molecule has 1 atom stereocenters. The largest absolute Gasteiger partial charge is 0.497 e. The molecule has 4 heteroatoms. The lowest BCUT2D eigenvalue weighted by Gasteiger charge is -2.08. The van der Waals surface area contributed by atoms with Gasteiger partial charge in [-0.15, -0.1) is 0 Å². The van der Waals surface area contributed by atoms with Crippen LogP contribution >= 0.6 is 0 Å². The number of pyridine rings is 1. The SMILES string of the molecule is COc1cccc(CC(O)c2cn3ccccc3n2)c1. The lowest BCUT2D eigenvalue weighted by molar-refractivity contribution is 0.174. The lowest BCUT2D eigenvalue weighted by Crippen LogP contribution is -2.02.